The van der Waals surface area contributed by atoms with Crippen LogP contribution in [0.5, 0.6) is 0 Å². The van der Waals surface area contributed by atoms with Crippen molar-refractivity contribution in [3.8, 4) is 11.1 Å². The van der Waals surface area contributed by atoms with Gasteiger partial charge in [0.1, 0.15) is 5.82 Å². The summed E-state index contributed by atoms with van der Waals surface area (Å²) in [5.41, 5.74) is 8.67. The molecule has 0 aliphatic rings. The molecule has 1 unspecified atom stereocenters. The smallest absolute Gasteiger partial charge is 0.123 e. The summed E-state index contributed by atoms with van der Waals surface area (Å²) in [7, 11) is 0. The zero-order valence-corrected chi connectivity index (χ0v) is 11.2. The Kier molecular flexibility index (Phi) is 5.96. The predicted molar refractivity (Wildman–Crippen MR) is 77.7 cm³/mol. The molecule has 2 aromatic carbocycles. The molecule has 4 heteroatoms. The van der Waals surface area contributed by atoms with Crippen molar-refractivity contribution >= 4 is 12.4 Å². The minimum Gasteiger partial charge on any atom is -0.396 e. The summed E-state index contributed by atoms with van der Waals surface area (Å²) < 4.78 is 13.1. The molecule has 0 aromatic heterocycles. The topological polar surface area (TPSA) is 46.2 Å². The highest BCUT2D eigenvalue weighted by molar-refractivity contribution is 5.85. The molecule has 0 spiro atoms. The molecule has 0 bridgehead atoms. The van der Waals surface area contributed by atoms with Crippen LogP contribution in [0.1, 0.15) is 18.0 Å². The van der Waals surface area contributed by atoms with E-state index in [1.54, 1.807) is 6.07 Å². The Hall–Kier alpha value is -1.42. The van der Waals surface area contributed by atoms with E-state index in [9.17, 15) is 4.39 Å². The zero-order chi connectivity index (χ0) is 13.0. The van der Waals surface area contributed by atoms with Gasteiger partial charge in [0.25, 0.3) is 0 Å². The minimum atomic E-state index is -0.242. The van der Waals surface area contributed by atoms with Gasteiger partial charge in [-0.3, -0.25) is 0 Å². The second-order valence-electron chi connectivity index (χ2n) is 4.25. The number of aliphatic hydroxyl groups is 1. The lowest BCUT2D eigenvalue weighted by atomic mass is 10.00. The lowest BCUT2D eigenvalue weighted by Gasteiger charge is -2.11. The van der Waals surface area contributed by atoms with E-state index in [0.717, 1.165) is 16.7 Å². The van der Waals surface area contributed by atoms with Gasteiger partial charge in [-0.1, -0.05) is 36.4 Å². The molecule has 0 aliphatic carbocycles. The molecule has 0 saturated carbocycles. The highest BCUT2D eigenvalue weighted by atomic mass is 35.5. The van der Waals surface area contributed by atoms with Crippen LogP contribution in [-0.4, -0.2) is 11.7 Å². The summed E-state index contributed by atoms with van der Waals surface area (Å²) in [5, 5.41) is 8.84. The Morgan fingerprint density at radius 1 is 1.05 bits per heavy atom. The number of nitrogens with two attached hydrogens (primary N) is 1. The number of benzene rings is 2. The number of halogens is 2. The Labute approximate surface area is 118 Å². The van der Waals surface area contributed by atoms with E-state index in [-0.39, 0.29) is 30.9 Å². The fourth-order valence-corrected chi connectivity index (χ4v) is 1.90. The highest BCUT2D eigenvalue weighted by Crippen LogP contribution is 2.22. The molecule has 0 saturated heterocycles. The number of rotatable bonds is 4. The molecule has 2 nitrogen and oxygen atoms in total. The van der Waals surface area contributed by atoms with E-state index in [1.165, 1.54) is 12.1 Å². The summed E-state index contributed by atoms with van der Waals surface area (Å²) in [5.74, 6) is -0.242. The highest BCUT2D eigenvalue weighted by Gasteiger charge is 2.05. The SMILES string of the molecule is Cl.NC(CCO)c1ccc(-c2cccc(F)c2)cc1. The van der Waals surface area contributed by atoms with E-state index in [2.05, 4.69) is 0 Å². The fraction of sp³-hybridized carbons (Fsp3) is 0.200. The monoisotopic (exact) mass is 281 g/mol. The standard InChI is InChI=1S/C15H16FNO.ClH/c16-14-3-1-2-13(10-14)11-4-6-12(7-5-11)15(17)8-9-18;/h1-7,10,15,18H,8-9,17H2;1H. The molecule has 0 aliphatic heterocycles. The van der Waals surface area contributed by atoms with E-state index >= 15 is 0 Å². The van der Waals surface area contributed by atoms with Crippen LogP contribution >= 0.6 is 12.4 Å². The van der Waals surface area contributed by atoms with Crippen molar-refractivity contribution < 1.29 is 9.50 Å². The Morgan fingerprint density at radius 3 is 2.32 bits per heavy atom. The average molecular weight is 282 g/mol. The molecule has 0 amide bonds. The maximum atomic E-state index is 13.1. The van der Waals surface area contributed by atoms with Crippen molar-refractivity contribution in [3.05, 3.63) is 59.9 Å². The predicted octanol–water partition coefficient (Wildman–Crippen LogP) is 3.30. The molecular formula is C15H17ClFNO. The van der Waals surface area contributed by atoms with E-state index in [0.29, 0.717) is 6.42 Å². The summed E-state index contributed by atoms with van der Waals surface area (Å²) in [6.07, 6.45) is 0.541. The van der Waals surface area contributed by atoms with Gasteiger partial charge in [0.05, 0.1) is 0 Å². The third-order valence-corrected chi connectivity index (χ3v) is 2.94. The molecule has 0 fully saturated rings. The van der Waals surface area contributed by atoms with Crippen LogP contribution in [0.25, 0.3) is 11.1 Å². The number of hydrogen-bond acceptors (Lipinski definition) is 2. The van der Waals surface area contributed by atoms with Crippen molar-refractivity contribution in [2.45, 2.75) is 12.5 Å². The van der Waals surface area contributed by atoms with Gasteiger partial charge in [-0.2, -0.15) is 0 Å². The first-order chi connectivity index (χ1) is 8.70. The van der Waals surface area contributed by atoms with Crippen LogP contribution in [0.3, 0.4) is 0 Å². The fourth-order valence-electron chi connectivity index (χ4n) is 1.90. The molecular weight excluding hydrogens is 265 g/mol. The molecule has 2 rings (SSSR count). The summed E-state index contributed by atoms with van der Waals surface area (Å²) in [4.78, 5) is 0. The Bertz CT molecular complexity index is 516. The first-order valence-corrected chi connectivity index (χ1v) is 5.93. The van der Waals surface area contributed by atoms with Crippen LogP contribution in [0.4, 0.5) is 4.39 Å². The van der Waals surface area contributed by atoms with Crippen LogP contribution in [-0.2, 0) is 0 Å². The summed E-state index contributed by atoms with van der Waals surface area (Å²) in [6, 6.07) is 14.0. The van der Waals surface area contributed by atoms with Crippen LogP contribution in [0.15, 0.2) is 48.5 Å². The molecule has 19 heavy (non-hydrogen) atoms. The average Bonchev–Trinajstić information content (AvgIpc) is 2.39. The van der Waals surface area contributed by atoms with E-state index in [4.69, 9.17) is 10.8 Å². The Balaban J connectivity index is 0.00000180. The molecule has 102 valence electrons. The first kappa shape index (κ1) is 15.6. The summed E-state index contributed by atoms with van der Waals surface area (Å²) >= 11 is 0. The van der Waals surface area contributed by atoms with Crippen LogP contribution < -0.4 is 5.73 Å². The summed E-state index contributed by atoms with van der Waals surface area (Å²) in [6.45, 7) is 0.0762. The van der Waals surface area contributed by atoms with Crippen LogP contribution in [0.2, 0.25) is 0 Å². The van der Waals surface area contributed by atoms with Crippen LogP contribution in [0, 0.1) is 5.82 Å². The van der Waals surface area contributed by atoms with Crippen molar-refractivity contribution in [2.24, 2.45) is 5.73 Å². The quantitative estimate of drug-likeness (QED) is 0.903. The molecule has 3 N–H and O–H groups in total. The molecule has 0 heterocycles. The van der Waals surface area contributed by atoms with E-state index < -0.39 is 0 Å². The van der Waals surface area contributed by atoms with Gasteiger partial charge >= 0.3 is 0 Å². The third-order valence-electron chi connectivity index (χ3n) is 2.94. The van der Waals surface area contributed by atoms with Gasteiger partial charge in [0.2, 0.25) is 0 Å². The van der Waals surface area contributed by atoms with Gasteiger partial charge in [-0.25, -0.2) is 4.39 Å². The van der Waals surface area contributed by atoms with Crippen molar-refractivity contribution in [3.63, 3.8) is 0 Å². The maximum absolute atomic E-state index is 13.1. The maximum Gasteiger partial charge on any atom is 0.123 e. The van der Waals surface area contributed by atoms with Gasteiger partial charge in [-0.05, 0) is 35.2 Å². The normalized spacial score (nSPS) is 11.7. The molecule has 2 aromatic rings. The number of aliphatic hydroxyl groups excluding tert-OH is 1. The van der Waals surface area contributed by atoms with E-state index in [1.807, 2.05) is 30.3 Å². The van der Waals surface area contributed by atoms with Crippen molar-refractivity contribution in [1.82, 2.24) is 0 Å². The van der Waals surface area contributed by atoms with Gasteiger partial charge in [0.15, 0.2) is 0 Å². The zero-order valence-electron chi connectivity index (χ0n) is 10.4. The van der Waals surface area contributed by atoms with Crippen molar-refractivity contribution in [1.29, 1.82) is 0 Å². The van der Waals surface area contributed by atoms with Gasteiger partial charge < -0.3 is 10.8 Å². The van der Waals surface area contributed by atoms with Gasteiger partial charge in [0, 0.05) is 12.6 Å². The minimum absolute atomic E-state index is 0. The third kappa shape index (κ3) is 4.03. The first-order valence-electron chi connectivity index (χ1n) is 5.93. The van der Waals surface area contributed by atoms with Crippen molar-refractivity contribution in [2.75, 3.05) is 6.61 Å². The number of hydrogen-bond donors (Lipinski definition) is 2. The second kappa shape index (κ2) is 7.24. The Morgan fingerprint density at radius 2 is 1.74 bits per heavy atom. The second-order valence-corrected chi connectivity index (χ2v) is 4.25. The largest absolute Gasteiger partial charge is 0.396 e. The molecule has 1 atom stereocenters. The lowest BCUT2D eigenvalue weighted by molar-refractivity contribution is 0.276. The molecule has 0 radical (unpaired) electrons. The lowest BCUT2D eigenvalue weighted by Crippen LogP contribution is -2.11. The van der Waals surface area contributed by atoms with Gasteiger partial charge in [-0.15, -0.1) is 12.4 Å².